The number of rotatable bonds is 3. The molecule has 0 aliphatic carbocycles. The SMILES string of the molecule is O=C(N1CCCC1)N1C[C@H](CO)C[C@H](CN2CCOCC2)C1. The Morgan fingerprint density at radius 2 is 1.68 bits per heavy atom. The second-order valence-electron chi connectivity index (χ2n) is 6.95. The van der Waals surface area contributed by atoms with Gasteiger partial charge in [-0.3, -0.25) is 4.90 Å². The molecule has 3 aliphatic heterocycles. The highest BCUT2D eigenvalue weighted by atomic mass is 16.5. The lowest BCUT2D eigenvalue weighted by molar-refractivity contribution is 0.0158. The van der Waals surface area contributed by atoms with E-state index in [-0.39, 0.29) is 18.6 Å². The highest BCUT2D eigenvalue weighted by molar-refractivity contribution is 5.74. The van der Waals surface area contributed by atoms with Gasteiger partial charge in [0.15, 0.2) is 0 Å². The highest BCUT2D eigenvalue weighted by Crippen LogP contribution is 2.25. The quantitative estimate of drug-likeness (QED) is 0.823. The van der Waals surface area contributed by atoms with Crippen LogP contribution in [0.1, 0.15) is 19.3 Å². The fourth-order valence-corrected chi connectivity index (χ4v) is 4.00. The van der Waals surface area contributed by atoms with Gasteiger partial charge in [0.05, 0.1) is 13.2 Å². The largest absolute Gasteiger partial charge is 0.396 e. The minimum absolute atomic E-state index is 0.183. The third-order valence-corrected chi connectivity index (χ3v) is 5.15. The summed E-state index contributed by atoms with van der Waals surface area (Å²) in [5.41, 5.74) is 0. The van der Waals surface area contributed by atoms with E-state index in [4.69, 9.17) is 4.74 Å². The van der Waals surface area contributed by atoms with Crippen molar-refractivity contribution in [1.82, 2.24) is 14.7 Å². The summed E-state index contributed by atoms with van der Waals surface area (Å²) in [4.78, 5) is 19.0. The fourth-order valence-electron chi connectivity index (χ4n) is 4.00. The summed E-state index contributed by atoms with van der Waals surface area (Å²) in [7, 11) is 0. The molecule has 3 saturated heterocycles. The predicted octanol–water partition coefficient (Wildman–Crippen LogP) is 0.465. The van der Waals surface area contributed by atoms with Crippen LogP contribution >= 0.6 is 0 Å². The smallest absolute Gasteiger partial charge is 0.320 e. The normalized spacial score (nSPS) is 30.8. The number of urea groups is 1. The minimum Gasteiger partial charge on any atom is -0.396 e. The number of carbonyl (C=O) groups excluding carboxylic acids is 1. The molecular formula is C16H29N3O3. The van der Waals surface area contributed by atoms with E-state index >= 15 is 0 Å². The molecule has 0 bridgehead atoms. The van der Waals surface area contributed by atoms with Gasteiger partial charge in [0.2, 0.25) is 0 Å². The van der Waals surface area contributed by atoms with Crippen molar-refractivity contribution in [2.24, 2.45) is 11.8 Å². The molecule has 0 aromatic heterocycles. The zero-order valence-corrected chi connectivity index (χ0v) is 13.5. The molecule has 2 amide bonds. The number of morpholine rings is 1. The first kappa shape index (κ1) is 16.0. The van der Waals surface area contributed by atoms with E-state index in [9.17, 15) is 9.90 Å². The summed E-state index contributed by atoms with van der Waals surface area (Å²) < 4.78 is 5.41. The molecule has 1 N–H and O–H groups in total. The maximum Gasteiger partial charge on any atom is 0.320 e. The molecule has 6 nitrogen and oxygen atoms in total. The lowest BCUT2D eigenvalue weighted by atomic mass is 9.89. The van der Waals surface area contributed by atoms with Crippen LogP contribution < -0.4 is 0 Å². The molecule has 0 radical (unpaired) electrons. The number of hydrogen-bond donors (Lipinski definition) is 1. The topological polar surface area (TPSA) is 56.2 Å². The van der Waals surface area contributed by atoms with Crippen LogP contribution in [0.5, 0.6) is 0 Å². The molecule has 126 valence electrons. The summed E-state index contributed by atoms with van der Waals surface area (Å²) in [6, 6.07) is 0.183. The van der Waals surface area contributed by atoms with Gasteiger partial charge in [0.25, 0.3) is 0 Å². The van der Waals surface area contributed by atoms with Crippen molar-refractivity contribution in [2.45, 2.75) is 19.3 Å². The molecule has 0 spiro atoms. The van der Waals surface area contributed by atoms with E-state index in [2.05, 4.69) is 4.90 Å². The minimum atomic E-state index is 0.183. The summed E-state index contributed by atoms with van der Waals surface area (Å²) in [6.07, 6.45) is 3.28. The number of likely N-dealkylation sites (tertiary alicyclic amines) is 2. The Hall–Kier alpha value is -0.850. The molecule has 0 aromatic carbocycles. The summed E-state index contributed by atoms with van der Waals surface area (Å²) in [5, 5.41) is 9.59. The van der Waals surface area contributed by atoms with Gasteiger partial charge in [-0.15, -0.1) is 0 Å². The Morgan fingerprint density at radius 3 is 2.36 bits per heavy atom. The van der Waals surface area contributed by atoms with Crippen molar-refractivity contribution < 1.29 is 14.6 Å². The standard InChI is InChI=1S/C16H29N3O3/c20-13-15-9-14(10-17-5-7-22-8-6-17)11-19(12-15)16(21)18-3-1-2-4-18/h14-15,20H,1-13H2/t14-,15-/m1/s1. The molecule has 22 heavy (non-hydrogen) atoms. The van der Waals surface area contributed by atoms with Crippen molar-refractivity contribution in [3.8, 4) is 0 Å². The van der Waals surface area contributed by atoms with Crippen LogP contribution in [0, 0.1) is 11.8 Å². The van der Waals surface area contributed by atoms with Gasteiger partial charge in [-0.25, -0.2) is 4.79 Å². The van der Waals surface area contributed by atoms with Crippen molar-refractivity contribution in [3.63, 3.8) is 0 Å². The molecule has 0 unspecified atom stereocenters. The molecule has 3 aliphatic rings. The Bertz CT molecular complexity index is 368. The molecule has 3 rings (SSSR count). The van der Waals surface area contributed by atoms with E-state index in [0.29, 0.717) is 12.5 Å². The maximum absolute atomic E-state index is 12.6. The van der Waals surface area contributed by atoms with E-state index in [0.717, 1.165) is 71.7 Å². The maximum atomic E-state index is 12.6. The lowest BCUT2D eigenvalue weighted by Crippen LogP contribution is -2.52. The van der Waals surface area contributed by atoms with E-state index < -0.39 is 0 Å². The second-order valence-corrected chi connectivity index (χ2v) is 6.95. The molecular weight excluding hydrogens is 282 g/mol. The van der Waals surface area contributed by atoms with Crippen LogP contribution in [0.3, 0.4) is 0 Å². The number of aliphatic hydroxyl groups excluding tert-OH is 1. The number of piperidine rings is 1. The Kier molecular flexibility index (Phi) is 5.55. The Balaban J connectivity index is 1.57. The van der Waals surface area contributed by atoms with Gasteiger partial charge in [-0.1, -0.05) is 0 Å². The molecule has 2 atom stereocenters. The van der Waals surface area contributed by atoms with Gasteiger partial charge in [-0.2, -0.15) is 0 Å². The predicted molar refractivity (Wildman–Crippen MR) is 83.7 cm³/mol. The third kappa shape index (κ3) is 3.91. The van der Waals surface area contributed by atoms with Crippen LogP contribution in [0.25, 0.3) is 0 Å². The molecule has 0 saturated carbocycles. The number of hydrogen-bond acceptors (Lipinski definition) is 4. The number of ether oxygens (including phenoxy) is 1. The zero-order chi connectivity index (χ0) is 15.4. The fraction of sp³-hybridized carbons (Fsp3) is 0.938. The monoisotopic (exact) mass is 311 g/mol. The second kappa shape index (κ2) is 7.62. The van der Waals surface area contributed by atoms with Gasteiger partial charge in [-0.05, 0) is 25.2 Å². The van der Waals surface area contributed by atoms with Crippen LogP contribution in [-0.4, -0.2) is 91.5 Å². The third-order valence-electron chi connectivity index (χ3n) is 5.15. The van der Waals surface area contributed by atoms with Crippen molar-refractivity contribution >= 4 is 6.03 Å². The Morgan fingerprint density at radius 1 is 1.00 bits per heavy atom. The zero-order valence-electron chi connectivity index (χ0n) is 13.5. The van der Waals surface area contributed by atoms with Crippen molar-refractivity contribution in [2.75, 3.05) is 65.6 Å². The van der Waals surface area contributed by atoms with Gasteiger partial charge in [0, 0.05) is 58.3 Å². The van der Waals surface area contributed by atoms with E-state index in [1.165, 1.54) is 0 Å². The van der Waals surface area contributed by atoms with E-state index in [1.54, 1.807) is 0 Å². The average molecular weight is 311 g/mol. The van der Waals surface area contributed by atoms with Crippen molar-refractivity contribution in [1.29, 1.82) is 0 Å². The number of aliphatic hydroxyl groups is 1. The summed E-state index contributed by atoms with van der Waals surface area (Å²) >= 11 is 0. The average Bonchev–Trinajstić information content (AvgIpc) is 3.09. The molecule has 6 heteroatoms. The molecule has 0 aromatic rings. The van der Waals surface area contributed by atoms with Gasteiger partial charge < -0.3 is 19.6 Å². The number of nitrogens with zero attached hydrogens (tertiary/aromatic N) is 3. The molecule has 3 fully saturated rings. The van der Waals surface area contributed by atoms with Crippen LogP contribution in [0.15, 0.2) is 0 Å². The number of amides is 2. The van der Waals surface area contributed by atoms with Crippen LogP contribution in [-0.2, 0) is 4.74 Å². The molecule has 3 heterocycles. The first-order chi connectivity index (χ1) is 10.8. The summed E-state index contributed by atoms with van der Waals surface area (Å²) in [6.45, 7) is 8.14. The lowest BCUT2D eigenvalue weighted by Gasteiger charge is -2.41. The van der Waals surface area contributed by atoms with Gasteiger partial charge >= 0.3 is 6.03 Å². The summed E-state index contributed by atoms with van der Waals surface area (Å²) in [5.74, 6) is 0.696. The van der Waals surface area contributed by atoms with Crippen molar-refractivity contribution in [3.05, 3.63) is 0 Å². The first-order valence-electron chi connectivity index (χ1n) is 8.71. The van der Waals surface area contributed by atoms with Crippen LogP contribution in [0.2, 0.25) is 0 Å². The highest BCUT2D eigenvalue weighted by Gasteiger charge is 2.33. The van der Waals surface area contributed by atoms with Gasteiger partial charge in [0.1, 0.15) is 0 Å². The van der Waals surface area contributed by atoms with E-state index in [1.807, 2.05) is 9.80 Å². The Labute approximate surface area is 133 Å². The first-order valence-corrected chi connectivity index (χ1v) is 8.71. The number of carbonyl (C=O) groups is 1. The van der Waals surface area contributed by atoms with Crippen LogP contribution in [0.4, 0.5) is 4.79 Å².